The number of rotatable bonds is 6. The summed E-state index contributed by atoms with van der Waals surface area (Å²) < 4.78 is 19.9. The van der Waals surface area contributed by atoms with Crippen LogP contribution in [-0.4, -0.2) is 33.9 Å². The number of benzene rings is 1. The Bertz CT molecular complexity index is 825. The molecule has 0 aliphatic carbocycles. The zero-order valence-electron chi connectivity index (χ0n) is 16.9. The van der Waals surface area contributed by atoms with Gasteiger partial charge in [-0.1, -0.05) is 0 Å². The third kappa shape index (κ3) is 6.07. The van der Waals surface area contributed by atoms with Gasteiger partial charge in [0.05, 0.1) is 17.9 Å². The summed E-state index contributed by atoms with van der Waals surface area (Å²) in [6.07, 6.45) is 1.27. The van der Waals surface area contributed by atoms with Gasteiger partial charge in [0.1, 0.15) is 11.4 Å². The fourth-order valence-corrected chi connectivity index (χ4v) is 2.67. The molecule has 0 aliphatic heterocycles. The van der Waals surface area contributed by atoms with E-state index in [1.165, 1.54) is 12.1 Å². The van der Waals surface area contributed by atoms with E-state index < -0.39 is 11.7 Å². The second kappa shape index (κ2) is 8.86. The van der Waals surface area contributed by atoms with Crippen molar-refractivity contribution in [2.45, 2.75) is 52.7 Å². The van der Waals surface area contributed by atoms with Crippen LogP contribution in [0.25, 0.3) is 5.69 Å². The van der Waals surface area contributed by atoms with Gasteiger partial charge in [0.25, 0.3) is 0 Å². The van der Waals surface area contributed by atoms with Crippen molar-refractivity contribution >= 4 is 12.0 Å². The molecule has 0 bridgehead atoms. The van der Waals surface area contributed by atoms with Gasteiger partial charge in [0.15, 0.2) is 0 Å². The van der Waals surface area contributed by atoms with Crippen LogP contribution in [-0.2, 0) is 9.53 Å². The van der Waals surface area contributed by atoms with Crippen LogP contribution in [0.5, 0.6) is 0 Å². The third-order valence-electron chi connectivity index (χ3n) is 3.98. The minimum absolute atomic E-state index is 0.134. The van der Waals surface area contributed by atoms with Gasteiger partial charge >= 0.3 is 6.09 Å². The highest BCUT2D eigenvalue weighted by Gasteiger charge is 2.18. The molecule has 2 amide bonds. The number of ether oxygens (including phenoxy) is 1. The Morgan fingerprint density at radius 2 is 1.89 bits per heavy atom. The topological polar surface area (TPSA) is 85.2 Å². The second-order valence-electron chi connectivity index (χ2n) is 7.54. The number of alkyl carbamates (subject to hydrolysis) is 1. The molecule has 0 aliphatic rings. The van der Waals surface area contributed by atoms with Crippen molar-refractivity contribution in [1.29, 1.82) is 0 Å². The molecule has 8 heteroatoms. The average molecular weight is 390 g/mol. The summed E-state index contributed by atoms with van der Waals surface area (Å²) in [7, 11) is 0. The summed E-state index contributed by atoms with van der Waals surface area (Å²) in [6, 6.07) is 5.77. The van der Waals surface area contributed by atoms with E-state index in [9.17, 15) is 14.0 Å². The third-order valence-corrected chi connectivity index (χ3v) is 3.98. The van der Waals surface area contributed by atoms with Gasteiger partial charge in [0.2, 0.25) is 5.91 Å². The normalized spacial score (nSPS) is 12.4. The van der Waals surface area contributed by atoms with Crippen LogP contribution in [0.4, 0.5) is 9.18 Å². The molecule has 28 heavy (non-hydrogen) atoms. The van der Waals surface area contributed by atoms with E-state index in [0.717, 1.165) is 16.9 Å². The molecule has 0 radical (unpaired) electrons. The lowest BCUT2D eigenvalue weighted by Crippen LogP contribution is -2.35. The van der Waals surface area contributed by atoms with Gasteiger partial charge in [-0.3, -0.25) is 4.79 Å². The molecule has 0 spiro atoms. The molecule has 0 fully saturated rings. The molecular weight excluding hydrogens is 363 g/mol. The van der Waals surface area contributed by atoms with Crippen LogP contribution in [0.15, 0.2) is 30.5 Å². The van der Waals surface area contributed by atoms with Crippen molar-refractivity contribution in [1.82, 2.24) is 20.4 Å². The molecule has 1 heterocycles. The van der Waals surface area contributed by atoms with Crippen LogP contribution in [0, 0.1) is 12.7 Å². The minimum Gasteiger partial charge on any atom is -0.444 e. The average Bonchev–Trinajstić information content (AvgIpc) is 2.95. The van der Waals surface area contributed by atoms with Crippen molar-refractivity contribution in [3.05, 3.63) is 47.5 Å². The highest BCUT2D eigenvalue weighted by Crippen LogP contribution is 2.20. The monoisotopic (exact) mass is 390 g/mol. The highest BCUT2D eigenvalue weighted by atomic mass is 19.1. The maximum absolute atomic E-state index is 13.1. The summed E-state index contributed by atoms with van der Waals surface area (Å²) in [5.74, 6) is -0.508. The predicted molar refractivity (Wildman–Crippen MR) is 104 cm³/mol. The Hall–Kier alpha value is -2.90. The number of carbonyl (C=O) groups is 2. The van der Waals surface area contributed by atoms with Gasteiger partial charge in [-0.2, -0.15) is 5.10 Å². The number of amides is 2. The van der Waals surface area contributed by atoms with E-state index in [1.54, 1.807) is 43.8 Å². The number of hydrogen-bond acceptors (Lipinski definition) is 4. The van der Waals surface area contributed by atoms with E-state index in [4.69, 9.17) is 4.74 Å². The van der Waals surface area contributed by atoms with Crippen LogP contribution in [0.1, 0.15) is 51.4 Å². The summed E-state index contributed by atoms with van der Waals surface area (Å²) in [4.78, 5) is 23.7. The van der Waals surface area contributed by atoms with Crippen LogP contribution in [0.2, 0.25) is 0 Å². The molecule has 2 N–H and O–H groups in total. The smallest absolute Gasteiger partial charge is 0.407 e. The molecule has 2 aromatic rings. The first-order valence-corrected chi connectivity index (χ1v) is 9.13. The van der Waals surface area contributed by atoms with Gasteiger partial charge in [-0.15, -0.1) is 0 Å². The molecule has 152 valence electrons. The van der Waals surface area contributed by atoms with Crippen LogP contribution in [0.3, 0.4) is 0 Å². The molecular formula is C20H27FN4O3. The Morgan fingerprint density at radius 3 is 2.50 bits per heavy atom. The van der Waals surface area contributed by atoms with E-state index in [0.29, 0.717) is 0 Å². The number of nitrogens with one attached hydrogen (secondary N) is 2. The first kappa shape index (κ1) is 21.4. The SMILES string of the molecule is Cc1c(C(C)NC(=O)CCNC(=O)OC(C)(C)C)cnn1-c1ccc(F)cc1. The van der Waals surface area contributed by atoms with Gasteiger partial charge in [-0.25, -0.2) is 13.9 Å². The molecule has 0 saturated carbocycles. The number of nitrogens with zero attached hydrogens (tertiary/aromatic N) is 2. The summed E-state index contributed by atoms with van der Waals surface area (Å²) in [5, 5.41) is 9.78. The maximum atomic E-state index is 13.1. The van der Waals surface area contributed by atoms with E-state index in [-0.39, 0.29) is 30.7 Å². The van der Waals surface area contributed by atoms with Crippen molar-refractivity contribution in [2.24, 2.45) is 0 Å². The fraction of sp³-hybridized carbons (Fsp3) is 0.450. The zero-order valence-corrected chi connectivity index (χ0v) is 16.9. The Balaban J connectivity index is 1.89. The lowest BCUT2D eigenvalue weighted by Gasteiger charge is -2.19. The quantitative estimate of drug-likeness (QED) is 0.792. The summed E-state index contributed by atoms with van der Waals surface area (Å²) in [5.41, 5.74) is 1.87. The summed E-state index contributed by atoms with van der Waals surface area (Å²) in [6.45, 7) is 9.25. The number of aromatic nitrogens is 2. The number of halogens is 1. The standard InChI is InChI=1S/C20H27FN4O3/c1-13(24-18(26)10-11-22-19(27)28-20(3,4)5)17-12-23-25(14(17)2)16-8-6-15(21)7-9-16/h6-9,12-13H,10-11H2,1-5H3,(H,22,27)(H,24,26). The lowest BCUT2D eigenvalue weighted by molar-refractivity contribution is -0.121. The predicted octanol–water partition coefficient (Wildman–Crippen LogP) is 3.41. The van der Waals surface area contributed by atoms with Crippen LogP contribution < -0.4 is 10.6 Å². The molecule has 1 unspecified atom stereocenters. The number of carbonyl (C=O) groups excluding carboxylic acids is 2. The Labute approximate surface area is 164 Å². The van der Waals surface area contributed by atoms with Crippen LogP contribution >= 0.6 is 0 Å². The highest BCUT2D eigenvalue weighted by molar-refractivity contribution is 5.77. The molecule has 1 aromatic carbocycles. The van der Waals surface area contributed by atoms with E-state index in [2.05, 4.69) is 15.7 Å². The van der Waals surface area contributed by atoms with Crippen molar-refractivity contribution < 1.29 is 18.7 Å². The lowest BCUT2D eigenvalue weighted by atomic mass is 10.1. The fourth-order valence-electron chi connectivity index (χ4n) is 2.67. The maximum Gasteiger partial charge on any atom is 0.407 e. The molecule has 1 aromatic heterocycles. The van der Waals surface area contributed by atoms with Crippen molar-refractivity contribution in [3.63, 3.8) is 0 Å². The van der Waals surface area contributed by atoms with Gasteiger partial charge in [-0.05, 0) is 58.9 Å². The Kier molecular flexibility index (Phi) is 6.77. The minimum atomic E-state index is -0.580. The molecule has 7 nitrogen and oxygen atoms in total. The van der Waals surface area contributed by atoms with E-state index >= 15 is 0 Å². The Morgan fingerprint density at radius 1 is 1.25 bits per heavy atom. The summed E-state index contributed by atoms with van der Waals surface area (Å²) >= 11 is 0. The second-order valence-corrected chi connectivity index (χ2v) is 7.54. The largest absolute Gasteiger partial charge is 0.444 e. The van der Waals surface area contributed by atoms with E-state index in [1.807, 2.05) is 13.8 Å². The van der Waals surface area contributed by atoms with Gasteiger partial charge < -0.3 is 15.4 Å². The van der Waals surface area contributed by atoms with Crippen molar-refractivity contribution in [3.8, 4) is 5.69 Å². The van der Waals surface area contributed by atoms with Crippen molar-refractivity contribution in [2.75, 3.05) is 6.54 Å². The molecule has 1 atom stereocenters. The van der Waals surface area contributed by atoms with Gasteiger partial charge in [0, 0.05) is 24.2 Å². The molecule has 0 saturated heterocycles. The first-order chi connectivity index (χ1) is 13.1. The molecule has 2 rings (SSSR count). The number of hydrogen-bond donors (Lipinski definition) is 2. The zero-order chi connectivity index (χ0) is 20.9. The first-order valence-electron chi connectivity index (χ1n) is 9.13.